The molecule has 0 amide bonds. The van der Waals surface area contributed by atoms with E-state index in [1.807, 2.05) is 6.07 Å². The number of anilines is 2. The van der Waals surface area contributed by atoms with Crippen LogP contribution in [0.4, 0.5) is 11.4 Å². The highest BCUT2D eigenvalue weighted by molar-refractivity contribution is 14.1. The minimum atomic E-state index is 0.691. The van der Waals surface area contributed by atoms with Crippen molar-refractivity contribution in [2.45, 2.75) is 38.6 Å². The van der Waals surface area contributed by atoms with Crippen LogP contribution in [0.3, 0.4) is 0 Å². The molecule has 0 radical (unpaired) electrons. The predicted octanol–water partition coefficient (Wildman–Crippen LogP) is 3.89. The van der Waals surface area contributed by atoms with E-state index in [9.17, 15) is 0 Å². The maximum atomic E-state index is 5.80. The first-order chi connectivity index (χ1) is 8.08. The molecule has 1 aromatic rings. The van der Waals surface area contributed by atoms with Gasteiger partial charge in [0.1, 0.15) is 0 Å². The summed E-state index contributed by atoms with van der Waals surface area (Å²) in [6, 6.07) is 6.89. The van der Waals surface area contributed by atoms with E-state index in [0.29, 0.717) is 6.04 Å². The molecule has 2 rings (SSSR count). The molecule has 1 saturated carbocycles. The highest BCUT2D eigenvalue weighted by atomic mass is 127. The Kier molecular flexibility index (Phi) is 4.17. The Morgan fingerprint density at radius 1 is 1.35 bits per heavy atom. The lowest BCUT2D eigenvalue weighted by Crippen LogP contribution is -2.36. The second-order valence-corrected chi connectivity index (χ2v) is 6.41. The number of hydrogen-bond acceptors (Lipinski definition) is 2. The molecule has 3 heteroatoms. The monoisotopic (exact) mass is 344 g/mol. The average molecular weight is 344 g/mol. The van der Waals surface area contributed by atoms with Crippen molar-refractivity contribution in [3.63, 3.8) is 0 Å². The third kappa shape index (κ3) is 3.06. The topological polar surface area (TPSA) is 29.3 Å². The largest absolute Gasteiger partial charge is 0.399 e. The molecule has 1 fully saturated rings. The van der Waals surface area contributed by atoms with Gasteiger partial charge in [-0.3, -0.25) is 0 Å². The summed E-state index contributed by atoms with van der Waals surface area (Å²) in [7, 11) is 2.22. The molecule has 1 aromatic carbocycles. The Bertz CT molecular complexity index is 392. The number of halogens is 1. The number of hydrogen-bond donors (Lipinski definition) is 1. The molecule has 1 aliphatic rings. The molecule has 2 N–H and O–H groups in total. The highest BCUT2D eigenvalue weighted by Gasteiger charge is 2.23. The Morgan fingerprint density at radius 2 is 2.12 bits per heavy atom. The van der Waals surface area contributed by atoms with Gasteiger partial charge in [0.2, 0.25) is 0 Å². The molecular formula is C14H21IN2. The van der Waals surface area contributed by atoms with Crippen LogP contribution >= 0.6 is 22.6 Å². The SMILES string of the molecule is CC1CCCC(N(C)c2ccc(N)cc2I)C1. The van der Waals surface area contributed by atoms with Gasteiger partial charge in [0.25, 0.3) is 0 Å². The van der Waals surface area contributed by atoms with Crippen LogP contribution in [0.15, 0.2) is 18.2 Å². The minimum Gasteiger partial charge on any atom is -0.399 e. The lowest BCUT2D eigenvalue weighted by molar-refractivity contribution is 0.336. The van der Waals surface area contributed by atoms with Crippen LogP contribution in [0.25, 0.3) is 0 Å². The van der Waals surface area contributed by atoms with E-state index >= 15 is 0 Å². The van der Waals surface area contributed by atoms with Crippen molar-refractivity contribution in [1.82, 2.24) is 0 Å². The zero-order valence-electron chi connectivity index (χ0n) is 10.6. The number of benzene rings is 1. The van der Waals surface area contributed by atoms with E-state index in [2.05, 4.69) is 53.6 Å². The van der Waals surface area contributed by atoms with E-state index < -0.39 is 0 Å². The zero-order valence-corrected chi connectivity index (χ0v) is 12.8. The second kappa shape index (κ2) is 5.46. The van der Waals surface area contributed by atoms with E-state index in [1.54, 1.807) is 0 Å². The van der Waals surface area contributed by atoms with Crippen LogP contribution in [0.1, 0.15) is 32.6 Å². The van der Waals surface area contributed by atoms with Crippen molar-refractivity contribution in [2.24, 2.45) is 5.92 Å². The van der Waals surface area contributed by atoms with Crippen molar-refractivity contribution in [1.29, 1.82) is 0 Å². The smallest absolute Gasteiger partial charge is 0.0503 e. The average Bonchev–Trinajstić information content (AvgIpc) is 2.28. The van der Waals surface area contributed by atoms with Gasteiger partial charge in [-0.05, 0) is 59.5 Å². The number of nitrogen functional groups attached to an aromatic ring is 1. The number of rotatable bonds is 2. The maximum absolute atomic E-state index is 5.80. The molecule has 2 nitrogen and oxygen atoms in total. The maximum Gasteiger partial charge on any atom is 0.0503 e. The lowest BCUT2D eigenvalue weighted by Gasteiger charge is -2.36. The molecular weight excluding hydrogens is 323 g/mol. The minimum absolute atomic E-state index is 0.691. The van der Waals surface area contributed by atoms with Crippen LogP contribution in [0, 0.1) is 9.49 Å². The lowest BCUT2D eigenvalue weighted by atomic mass is 9.86. The molecule has 0 aromatic heterocycles. The molecule has 0 bridgehead atoms. The molecule has 0 spiro atoms. The van der Waals surface area contributed by atoms with E-state index in [1.165, 1.54) is 34.9 Å². The van der Waals surface area contributed by atoms with Crippen molar-refractivity contribution < 1.29 is 0 Å². The fourth-order valence-electron chi connectivity index (χ4n) is 2.76. The summed E-state index contributed by atoms with van der Waals surface area (Å²) in [5.74, 6) is 0.864. The van der Waals surface area contributed by atoms with Gasteiger partial charge >= 0.3 is 0 Å². The Labute approximate surface area is 118 Å². The molecule has 0 saturated heterocycles. The van der Waals surface area contributed by atoms with Gasteiger partial charge in [-0.15, -0.1) is 0 Å². The Balaban J connectivity index is 2.15. The van der Waals surface area contributed by atoms with Crippen LogP contribution in [0.5, 0.6) is 0 Å². The van der Waals surface area contributed by atoms with Crippen molar-refractivity contribution >= 4 is 34.0 Å². The van der Waals surface area contributed by atoms with Gasteiger partial charge in [-0.2, -0.15) is 0 Å². The van der Waals surface area contributed by atoms with E-state index in [0.717, 1.165) is 11.6 Å². The highest BCUT2D eigenvalue weighted by Crippen LogP contribution is 2.32. The van der Waals surface area contributed by atoms with E-state index in [-0.39, 0.29) is 0 Å². The summed E-state index contributed by atoms with van der Waals surface area (Å²) in [5, 5.41) is 0. The molecule has 0 heterocycles. The summed E-state index contributed by atoms with van der Waals surface area (Å²) in [4.78, 5) is 2.44. The third-order valence-corrected chi connectivity index (χ3v) is 4.67. The summed E-state index contributed by atoms with van der Waals surface area (Å²) >= 11 is 2.38. The Morgan fingerprint density at radius 3 is 2.76 bits per heavy atom. The molecule has 17 heavy (non-hydrogen) atoms. The number of nitrogens with zero attached hydrogens (tertiary/aromatic N) is 1. The second-order valence-electron chi connectivity index (χ2n) is 5.25. The normalized spacial score (nSPS) is 24.6. The number of nitrogens with two attached hydrogens (primary N) is 1. The van der Waals surface area contributed by atoms with Crippen molar-refractivity contribution in [3.8, 4) is 0 Å². The standard InChI is InChI=1S/C14H21IN2/c1-10-4-3-5-12(8-10)17(2)14-7-6-11(16)9-13(14)15/h6-7,9-10,12H,3-5,8,16H2,1-2H3. The van der Waals surface area contributed by atoms with E-state index in [4.69, 9.17) is 5.73 Å². The Hall–Kier alpha value is -0.450. The summed E-state index contributed by atoms with van der Waals surface area (Å²) < 4.78 is 1.25. The third-order valence-electron chi connectivity index (χ3n) is 3.81. The molecule has 2 atom stereocenters. The van der Waals surface area contributed by atoms with Gasteiger partial charge in [-0.25, -0.2) is 0 Å². The fraction of sp³-hybridized carbons (Fsp3) is 0.571. The van der Waals surface area contributed by atoms with Gasteiger partial charge in [-0.1, -0.05) is 19.8 Å². The van der Waals surface area contributed by atoms with Crippen LogP contribution < -0.4 is 10.6 Å². The first-order valence-electron chi connectivity index (χ1n) is 6.36. The predicted molar refractivity (Wildman–Crippen MR) is 83.4 cm³/mol. The van der Waals surface area contributed by atoms with Crippen LogP contribution in [0.2, 0.25) is 0 Å². The van der Waals surface area contributed by atoms with Crippen molar-refractivity contribution in [2.75, 3.05) is 17.7 Å². The molecule has 1 aliphatic carbocycles. The summed E-state index contributed by atoms with van der Waals surface area (Å²) in [6.07, 6.45) is 5.39. The van der Waals surface area contributed by atoms with Crippen molar-refractivity contribution in [3.05, 3.63) is 21.8 Å². The molecule has 0 aliphatic heterocycles. The molecule has 2 unspecified atom stereocenters. The molecule has 94 valence electrons. The van der Waals surface area contributed by atoms with Gasteiger partial charge in [0.05, 0.1) is 5.69 Å². The van der Waals surface area contributed by atoms with Gasteiger partial charge in [0.15, 0.2) is 0 Å². The van der Waals surface area contributed by atoms with Gasteiger partial charge < -0.3 is 10.6 Å². The zero-order chi connectivity index (χ0) is 12.4. The van der Waals surface area contributed by atoms with Crippen LogP contribution in [-0.2, 0) is 0 Å². The van der Waals surface area contributed by atoms with Crippen LogP contribution in [-0.4, -0.2) is 13.1 Å². The quantitative estimate of drug-likeness (QED) is 0.652. The van der Waals surface area contributed by atoms with Gasteiger partial charge in [0, 0.05) is 22.3 Å². The fourth-order valence-corrected chi connectivity index (χ4v) is 3.68. The first-order valence-corrected chi connectivity index (χ1v) is 7.43. The first kappa shape index (κ1) is 13.0. The summed E-state index contributed by atoms with van der Waals surface area (Å²) in [6.45, 7) is 2.37. The summed E-state index contributed by atoms with van der Waals surface area (Å²) in [5.41, 5.74) is 7.97.